The minimum absolute atomic E-state index is 0.191. The van der Waals surface area contributed by atoms with E-state index < -0.39 is 0 Å². The van der Waals surface area contributed by atoms with Gasteiger partial charge in [-0.15, -0.1) is 0 Å². The summed E-state index contributed by atoms with van der Waals surface area (Å²) in [6.45, 7) is 6.27. The number of nitrogens with one attached hydrogen (secondary N) is 1. The Kier molecular flexibility index (Phi) is 7.30. The van der Waals surface area contributed by atoms with Crippen LogP contribution in [-0.2, 0) is 6.54 Å². The van der Waals surface area contributed by atoms with Crippen LogP contribution in [0, 0.1) is 5.82 Å². The second-order valence-corrected chi connectivity index (χ2v) is 8.46. The number of guanidine groups is 1. The maximum absolute atomic E-state index is 13.5. The third-order valence-corrected chi connectivity index (χ3v) is 6.40. The molecular weight excluding hydrogens is 353 g/mol. The summed E-state index contributed by atoms with van der Waals surface area (Å²) in [5, 5.41) is 3.65. The molecule has 0 saturated carbocycles. The van der Waals surface area contributed by atoms with Crippen molar-refractivity contribution in [2.45, 2.75) is 44.2 Å². The van der Waals surface area contributed by atoms with E-state index in [0.29, 0.717) is 6.54 Å². The molecule has 2 saturated heterocycles. The van der Waals surface area contributed by atoms with Gasteiger partial charge in [0.1, 0.15) is 5.82 Å². The lowest BCUT2D eigenvalue weighted by atomic mass is 9.84. The van der Waals surface area contributed by atoms with Crippen LogP contribution in [0.2, 0.25) is 0 Å². The average molecular weight is 390 g/mol. The normalized spacial score (nSPS) is 21.5. The predicted octanol–water partition coefficient (Wildman–Crippen LogP) is 2.78. The molecule has 2 fully saturated rings. The summed E-state index contributed by atoms with van der Waals surface area (Å²) in [4.78, 5) is 11.7. The van der Waals surface area contributed by atoms with E-state index in [0.717, 1.165) is 31.2 Å². The van der Waals surface area contributed by atoms with Gasteiger partial charge >= 0.3 is 0 Å². The van der Waals surface area contributed by atoms with E-state index in [1.165, 1.54) is 51.3 Å². The SMILES string of the molecule is CN=C(NCC1(N2CCCCC2)CCN(C)CC1)N(C)Cc1cccc(F)c1. The molecule has 0 amide bonds. The zero-order chi connectivity index (χ0) is 20.0. The molecule has 1 aromatic rings. The summed E-state index contributed by atoms with van der Waals surface area (Å²) >= 11 is 0. The molecule has 2 heterocycles. The van der Waals surface area contributed by atoms with Crippen LogP contribution in [0.25, 0.3) is 0 Å². The number of rotatable bonds is 5. The Bertz CT molecular complexity index is 648. The third kappa shape index (κ3) is 5.23. The quantitative estimate of drug-likeness (QED) is 0.620. The number of halogens is 1. The first-order valence-corrected chi connectivity index (χ1v) is 10.6. The molecule has 0 atom stereocenters. The molecule has 0 aromatic heterocycles. The topological polar surface area (TPSA) is 34.1 Å². The zero-order valence-electron chi connectivity index (χ0n) is 17.8. The summed E-state index contributed by atoms with van der Waals surface area (Å²) in [6, 6.07) is 6.80. The Labute approximate surface area is 169 Å². The lowest BCUT2D eigenvalue weighted by Gasteiger charge is -2.50. The van der Waals surface area contributed by atoms with Crippen molar-refractivity contribution in [3.05, 3.63) is 35.6 Å². The van der Waals surface area contributed by atoms with Gasteiger partial charge in [-0.25, -0.2) is 4.39 Å². The molecule has 3 rings (SSSR count). The second-order valence-electron chi connectivity index (χ2n) is 8.46. The number of piperidine rings is 2. The number of benzene rings is 1. The number of nitrogens with zero attached hydrogens (tertiary/aromatic N) is 4. The van der Waals surface area contributed by atoms with E-state index in [2.05, 4.69) is 32.1 Å². The van der Waals surface area contributed by atoms with Gasteiger partial charge in [-0.1, -0.05) is 18.6 Å². The number of aliphatic imine (C=N–C) groups is 1. The van der Waals surface area contributed by atoms with Gasteiger partial charge in [0.15, 0.2) is 5.96 Å². The Morgan fingerprint density at radius 3 is 2.54 bits per heavy atom. The second kappa shape index (κ2) is 9.70. The number of likely N-dealkylation sites (tertiary alicyclic amines) is 2. The van der Waals surface area contributed by atoms with Gasteiger partial charge in [0.2, 0.25) is 0 Å². The average Bonchev–Trinajstić information content (AvgIpc) is 2.71. The lowest BCUT2D eigenvalue weighted by molar-refractivity contribution is 0.0170. The summed E-state index contributed by atoms with van der Waals surface area (Å²) in [5.74, 6) is 0.684. The van der Waals surface area contributed by atoms with Gasteiger partial charge in [-0.05, 0) is 76.6 Å². The molecule has 0 aliphatic carbocycles. The van der Waals surface area contributed by atoms with Crippen LogP contribution >= 0.6 is 0 Å². The van der Waals surface area contributed by atoms with Gasteiger partial charge in [0.25, 0.3) is 0 Å². The van der Waals surface area contributed by atoms with E-state index in [9.17, 15) is 4.39 Å². The molecule has 5 nitrogen and oxygen atoms in total. The molecule has 0 bridgehead atoms. The minimum atomic E-state index is -0.191. The molecule has 6 heteroatoms. The van der Waals surface area contributed by atoms with Crippen LogP contribution in [-0.4, -0.2) is 80.1 Å². The van der Waals surface area contributed by atoms with Crippen LogP contribution in [0.4, 0.5) is 4.39 Å². The molecule has 0 unspecified atom stereocenters. The van der Waals surface area contributed by atoms with Crippen LogP contribution in [0.3, 0.4) is 0 Å². The first-order valence-electron chi connectivity index (χ1n) is 10.6. The summed E-state index contributed by atoms with van der Waals surface area (Å²) in [5.41, 5.74) is 1.17. The molecule has 156 valence electrons. The fourth-order valence-corrected chi connectivity index (χ4v) is 4.62. The van der Waals surface area contributed by atoms with E-state index in [1.54, 1.807) is 12.1 Å². The van der Waals surface area contributed by atoms with Crippen LogP contribution < -0.4 is 5.32 Å². The highest BCUT2D eigenvalue weighted by Gasteiger charge is 2.39. The molecule has 0 spiro atoms. The molecule has 1 N–H and O–H groups in total. The fourth-order valence-electron chi connectivity index (χ4n) is 4.62. The summed E-state index contributed by atoms with van der Waals surface area (Å²) < 4.78 is 13.5. The minimum Gasteiger partial charge on any atom is -0.354 e. The molecule has 1 aromatic carbocycles. The van der Waals surface area contributed by atoms with Crippen molar-refractivity contribution < 1.29 is 4.39 Å². The van der Waals surface area contributed by atoms with Gasteiger partial charge < -0.3 is 15.1 Å². The van der Waals surface area contributed by atoms with Crippen molar-refractivity contribution in [1.29, 1.82) is 0 Å². The van der Waals surface area contributed by atoms with E-state index >= 15 is 0 Å². The molecular formula is C22H36FN5. The standard InChI is InChI=1S/C22H36FN5/c1-24-21(27(3)17-19-8-7-9-20(23)16-19)25-18-22(10-14-26(2)15-11-22)28-12-5-4-6-13-28/h7-9,16H,4-6,10-15,17-18H2,1-3H3,(H,24,25). The number of hydrogen-bond donors (Lipinski definition) is 1. The molecule has 0 radical (unpaired) electrons. The van der Waals surface area contributed by atoms with Crippen LogP contribution in [0.5, 0.6) is 0 Å². The largest absolute Gasteiger partial charge is 0.354 e. The van der Waals surface area contributed by atoms with E-state index in [1.807, 2.05) is 20.2 Å². The van der Waals surface area contributed by atoms with Crippen molar-refractivity contribution >= 4 is 5.96 Å². The predicted molar refractivity (Wildman–Crippen MR) is 114 cm³/mol. The first kappa shape index (κ1) is 21.1. The van der Waals surface area contributed by atoms with E-state index in [-0.39, 0.29) is 11.4 Å². The fraction of sp³-hybridized carbons (Fsp3) is 0.682. The highest BCUT2D eigenvalue weighted by atomic mass is 19.1. The van der Waals surface area contributed by atoms with Gasteiger partial charge in [0.05, 0.1) is 0 Å². The highest BCUT2D eigenvalue weighted by Crippen LogP contribution is 2.31. The molecule has 2 aliphatic heterocycles. The van der Waals surface area contributed by atoms with Crippen molar-refractivity contribution in [2.24, 2.45) is 4.99 Å². The molecule has 28 heavy (non-hydrogen) atoms. The van der Waals surface area contributed by atoms with Crippen LogP contribution in [0.1, 0.15) is 37.7 Å². The number of hydrogen-bond acceptors (Lipinski definition) is 3. The lowest BCUT2D eigenvalue weighted by Crippen LogP contribution is -2.62. The van der Waals surface area contributed by atoms with Crippen molar-refractivity contribution in [3.63, 3.8) is 0 Å². The zero-order valence-corrected chi connectivity index (χ0v) is 17.8. The van der Waals surface area contributed by atoms with Crippen LogP contribution in [0.15, 0.2) is 29.3 Å². The van der Waals surface area contributed by atoms with Gasteiger partial charge in [-0.3, -0.25) is 9.89 Å². The Balaban J connectivity index is 1.65. The monoisotopic (exact) mass is 389 g/mol. The van der Waals surface area contributed by atoms with Crippen molar-refractivity contribution in [2.75, 3.05) is 53.9 Å². The van der Waals surface area contributed by atoms with Crippen molar-refractivity contribution in [3.8, 4) is 0 Å². The Morgan fingerprint density at radius 1 is 1.18 bits per heavy atom. The molecule has 2 aliphatic rings. The smallest absolute Gasteiger partial charge is 0.193 e. The summed E-state index contributed by atoms with van der Waals surface area (Å²) in [6.07, 6.45) is 6.37. The highest BCUT2D eigenvalue weighted by molar-refractivity contribution is 5.79. The summed E-state index contributed by atoms with van der Waals surface area (Å²) in [7, 11) is 6.06. The Hall–Kier alpha value is -1.66. The maximum atomic E-state index is 13.5. The van der Waals surface area contributed by atoms with Gasteiger partial charge in [0, 0.05) is 32.7 Å². The maximum Gasteiger partial charge on any atom is 0.193 e. The third-order valence-electron chi connectivity index (χ3n) is 6.40. The first-order chi connectivity index (χ1) is 13.5. The van der Waals surface area contributed by atoms with E-state index in [4.69, 9.17) is 0 Å². The van der Waals surface area contributed by atoms with Gasteiger partial charge in [-0.2, -0.15) is 0 Å². The van der Waals surface area contributed by atoms with Crippen molar-refractivity contribution in [1.82, 2.24) is 20.0 Å². The Morgan fingerprint density at radius 2 is 1.89 bits per heavy atom.